The van der Waals surface area contributed by atoms with Gasteiger partial charge in [0.15, 0.2) is 0 Å². The number of hydrogen-bond donors (Lipinski definition) is 0. The lowest BCUT2D eigenvalue weighted by Crippen LogP contribution is -2.10. The molecule has 9 rings (SSSR count). The number of aryl methyl sites for hydroxylation is 1. The number of fused-ring (bicyclic) bond motifs is 3. The molecule has 0 saturated heterocycles. The van der Waals surface area contributed by atoms with Crippen LogP contribution in [-0.2, 0) is 6.42 Å². The summed E-state index contributed by atoms with van der Waals surface area (Å²) >= 11 is 0. The highest BCUT2D eigenvalue weighted by atomic mass is 16.4. The number of nitrogens with zero attached hydrogens (tertiary/aromatic N) is 4. The lowest BCUT2D eigenvalue weighted by Gasteiger charge is -2.26. The minimum absolute atomic E-state index is 0.493. The Morgan fingerprint density at radius 3 is 1.63 bits per heavy atom. The molecule has 0 N–H and O–H groups in total. The average Bonchev–Trinajstić information content (AvgIpc) is 3.83. The second-order valence-corrected chi connectivity index (χ2v) is 12.6. The van der Waals surface area contributed by atoms with Gasteiger partial charge < -0.3 is 13.9 Å². The second-order valence-electron chi connectivity index (χ2n) is 12.6. The molecular formula is C46H34N4O. The van der Waals surface area contributed by atoms with Gasteiger partial charge in [-0.2, -0.15) is 0 Å². The number of rotatable bonds is 8. The molecule has 0 fully saturated rings. The summed E-state index contributed by atoms with van der Waals surface area (Å²) < 4.78 is 8.40. The first-order valence-electron chi connectivity index (χ1n) is 17.3. The summed E-state index contributed by atoms with van der Waals surface area (Å²) in [6, 6.07) is 61.9. The summed E-state index contributed by atoms with van der Waals surface area (Å²) in [6.07, 6.45) is 0.993. The normalized spacial score (nSPS) is 11.3. The highest BCUT2D eigenvalue weighted by Gasteiger charge is 2.17. The third-order valence-electron chi connectivity index (χ3n) is 9.57. The fourth-order valence-corrected chi connectivity index (χ4v) is 6.93. The zero-order valence-corrected chi connectivity index (χ0v) is 28.1. The summed E-state index contributed by atoms with van der Waals surface area (Å²) in [5.74, 6) is 1.00. The van der Waals surface area contributed by atoms with E-state index >= 15 is 0 Å². The molecule has 2 aromatic heterocycles. The third-order valence-corrected chi connectivity index (χ3v) is 9.57. The Morgan fingerprint density at radius 2 is 0.980 bits per heavy atom. The van der Waals surface area contributed by atoms with E-state index in [1.54, 1.807) is 0 Å². The van der Waals surface area contributed by atoms with Gasteiger partial charge in [-0.3, -0.25) is 0 Å². The van der Waals surface area contributed by atoms with Gasteiger partial charge in [0.1, 0.15) is 0 Å². The van der Waals surface area contributed by atoms with E-state index in [4.69, 9.17) is 4.42 Å². The molecule has 51 heavy (non-hydrogen) atoms. The van der Waals surface area contributed by atoms with E-state index in [0.29, 0.717) is 11.8 Å². The Morgan fingerprint density at radius 1 is 0.471 bits per heavy atom. The molecule has 0 spiro atoms. The standard InChI is InChI=1S/C46H34N4O/c1-2-32-17-24-38(25-18-32)49(40-28-21-35(22-29-40)46-48-47-45(51-46)34-11-5-3-6-12-34)39-26-19-33(20-27-39)36-23-30-44-42(31-36)41-15-9-10-16-43(41)50(44)37-13-7-4-8-14-37/h3-31H,2H2,1H3. The van der Waals surface area contributed by atoms with Crippen molar-refractivity contribution in [3.8, 4) is 39.7 Å². The Kier molecular flexibility index (Phi) is 7.71. The van der Waals surface area contributed by atoms with E-state index in [9.17, 15) is 0 Å². The molecule has 2 heterocycles. The van der Waals surface area contributed by atoms with Crippen molar-refractivity contribution in [1.82, 2.24) is 14.8 Å². The molecule has 5 nitrogen and oxygen atoms in total. The maximum Gasteiger partial charge on any atom is 0.248 e. The molecule has 0 aliphatic heterocycles. The predicted octanol–water partition coefficient (Wildman–Crippen LogP) is 12.2. The molecule has 0 bridgehead atoms. The van der Waals surface area contributed by atoms with E-state index in [-0.39, 0.29) is 0 Å². The second kappa shape index (κ2) is 13.0. The zero-order valence-electron chi connectivity index (χ0n) is 28.1. The minimum Gasteiger partial charge on any atom is -0.416 e. The maximum absolute atomic E-state index is 6.04. The zero-order chi connectivity index (χ0) is 34.1. The van der Waals surface area contributed by atoms with Gasteiger partial charge in [0, 0.05) is 44.6 Å². The molecule has 0 aliphatic carbocycles. The summed E-state index contributed by atoms with van der Waals surface area (Å²) in [4.78, 5) is 2.28. The van der Waals surface area contributed by atoms with E-state index in [2.05, 4.69) is 160 Å². The fraction of sp³-hybridized carbons (Fsp3) is 0.0435. The highest BCUT2D eigenvalue weighted by Crippen LogP contribution is 2.39. The number of benzene rings is 7. The van der Waals surface area contributed by atoms with Crippen molar-refractivity contribution in [3.63, 3.8) is 0 Å². The largest absolute Gasteiger partial charge is 0.416 e. The number of anilines is 3. The van der Waals surface area contributed by atoms with Gasteiger partial charge in [-0.25, -0.2) is 0 Å². The average molecular weight is 659 g/mol. The molecule has 244 valence electrons. The van der Waals surface area contributed by atoms with Crippen LogP contribution in [0.5, 0.6) is 0 Å². The van der Waals surface area contributed by atoms with Crippen LogP contribution in [0, 0.1) is 0 Å². The first kappa shape index (κ1) is 30.3. The number of para-hydroxylation sites is 2. The Labute approximate surface area is 296 Å². The van der Waals surface area contributed by atoms with Crippen molar-refractivity contribution in [2.45, 2.75) is 13.3 Å². The van der Waals surface area contributed by atoms with Gasteiger partial charge in [0.25, 0.3) is 0 Å². The molecule has 0 unspecified atom stereocenters. The number of hydrogen-bond acceptors (Lipinski definition) is 4. The smallest absolute Gasteiger partial charge is 0.248 e. The summed E-state index contributed by atoms with van der Waals surface area (Å²) in [5, 5.41) is 11.1. The van der Waals surface area contributed by atoms with Crippen LogP contribution in [0.2, 0.25) is 0 Å². The molecular weight excluding hydrogens is 625 g/mol. The molecule has 0 atom stereocenters. The van der Waals surface area contributed by atoms with Crippen LogP contribution in [0.3, 0.4) is 0 Å². The van der Waals surface area contributed by atoms with Crippen LogP contribution in [0.1, 0.15) is 12.5 Å². The quantitative estimate of drug-likeness (QED) is 0.163. The van der Waals surface area contributed by atoms with Crippen molar-refractivity contribution in [1.29, 1.82) is 0 Å². The predicted molar refractivity (Wildman–Crippen MR) is 209 cm³/mol. The SMILES string of the molecule is CCc1ccc(N(c2ccc(-c3ccc4c(c3)c3ccccc3n4-c3ccccc3)cc2)c2ccc(-c3nnc(-c4ccccc4)o3)cc2)cc1. The fourth-order valence-electron chi connectivity index (χ4n) is 6.93. The monoisotopic (exact) mass is 658 g/mol. The Bertz CT molecular complexity index is 2590. The van der Waals surface area contributed by atoms with Gasteiger partial charge in [0.05, 0.1) is 11.0 Å². The van der Waals surface area contributed by atoms with E-state index < -0.39 is 0 Å². The molecule has 0 aliphatic rings. The van der Waals surface area contributed by atoms with Crippen molar-refractivity contribution >= 4 is 38.9 Å². The summed E-state index contributed by atoms with van der Waals surface area (Å²) in [5.41, 5.74) is 12.2. The lowest BCUT2D eigenvalue weighted by molar-refractivity contribution is 0.584. The van der Waals surface area contributed by atoms with Crippen molar-refractivity contribution in [2.75, 3.05) is 4.90 Å². The van der Waals surface area contributed by atoms with Gasteiger partial charge in [-0.05, 0) is 114 Å². The minimum atomic E-state index is 0.493. The lowest BCUT2D eigenvalue weighted by atomic mass is 10.0. The third kappa shape index (κ3) is 5.65. The summed E-state index contributed by atoms with van der Waals surface area (Å²) in [6.45, 7) is 2.18. The van der Waals surface area contributed by atoms with Gasteiger partial charge in [0.2, 0.25) is 11.8 Å². The Hall–Kier alpha value is -6.72. The van der Waals surface area contributed by atoms with Crippen LogP contribution in [0.25, 0.3) is 61.5 Å². The maximum atomic E-state index is 6.04. The molecule has 0 radical (unpaired) electrons. The van der Waals surface area contributed by atoms with Gasteiger partial charge in [-0.15, -0.1) is 10.2 Å². The van der Waals surface area contributed by atoms with Crippen molar-refractivity contribution in [2.24, 2.45) is 0 Å². The summed E-state index contributed by atoms with van der Waals surface area (Å²) in [7, 11) is 0. The molecule has 0 amide bonds. The number of aromatic nitrogens is 3. The van der Waals surface area contributed by atoms with E-state index in [0.717, 1.165) is 40.3 Å². The topological polar surface area (TPSA) is 47.1 Å². The van der Waals surface area contributed by atoms with Crippen LogP contribution in [0.15, 0.2) is 180 Å². The van der Waals surface area contributed by atoms with Crippen LogP contribution in [0.4, 0.5) is 17.1 Å². The van der Waals surface area contributed by atoms with Crippen LogP contribution in [-0.4, -0.2) is 14.8 Å². The first-order chi connectivity index (χ1) is 25.2. The first-order valence-corrected chi connectivity index (χ1v) is 17.3. The van der Waals surface area contributed by atoms with Gasteiger partial charge >= 0.3 is 0 Å². The van der Waals surface area contributed by atoms with Crippen molar-refractivity contribution in [3.05, 3.63) is 181 Å². The highest BCUT2D eigenvalue weighted by molar-refractivity contribution is 6.10. The molecule has 5 heteroatoms. The van der Waals surface area contributed by atoms with Crippen molar-refractivity contribution < 1.29 is 4.42 Å². The van der Waals surface area contributed by atoms with E-state index in [1.165, 1.54) is 38.5 Å². The molecule has 9 aromatic rings. The van der Waals surface area contributed by atoms with Crippen LogP contribution < -0.4 is 4.90 Å². The molecule has 0 saturated carbocycles. The molecule has 7 aromatic carbocycles. The van der Waals surface area contributed by atoms with E-state index in [1.807, 2.05) is 42.5 Å². The van der Waals surface area contributed by atoms with Crippen LogP contribution >= 0.6 is 0 Å². The van der Waals surface area contributed by atoms with Gasteiger partial charge in [-0.1, -0.05) is 91.9 Å². The Balaban J connectivity index is 1.07.